The minimum Gasteiger partial charge on any atom is -0.313 e. The highest BCUT2D eigenvalue weighted by Gasteiger charge is 2.44. The normalized spacial score (nSPS) is 17.9. The first kappa shape index (κ1) is 29.3. The minimum absolute atomic E-state index is 0.0283. The van der Waals surface area contributed by atoms with Gasteiger partial charge in [-0.1, -0.05) is 159 Å². The molecule has 0 amide bonds. The van der Waals surface area contributed by atoms with Crippen LogP contribution in [-0.4, -0.2) is 0 Å². The third kappa shape index (κ3) is 5.42. The van der Waals surface area contributed by atoms with E-state index in [1.54, 1.807) is 0 Å². The third-order valence-electron chi connectivity index (χ3n) is 8.34. The van der Waals surface area contributed by atoms with E-state index < -0.39 is 7.14 Å². The van der Waals surface area contributed by atoms with Gasteiger partial charge in [-0.2, -0.15) is 0 Å². The first-order chi connectivity index (χ1) is 19.1. The van der Waals surface area contributed by atoms with Crippen molar-refractivity contribution in [2.24, 2.45) is 0 Å². The molecule has 4 aromatic rings. The summed E-state index contributed by atoms with van der Waals surface area (Å²) in [7, 11) is -3.21. The summed E-state index contributed by atoms with van der Waals surface area (Å²) >= 11 is 0. The molecule has 212 valence electrons. The summed E-state index contributed by atoms with van der Waals surface area (Å²) in [5.74, 6) is 0. The minimum atomic E-state index is -3.21. The molecule has 1 unspecified atom stereocenters. The van der Waals surface area contributed by atoms with E-state index in [0.29, 0.717) is 6.16 Å². The van der Waals surface area contributed by atoms with Crippen LogP contribution in [-0.2, 0) is 27.0 Å². The molecule has 1 atom stereocenters. The summed E-state index contributed by atoms with van der Waals surface area (Å²) < 4.78 is 16.6. The highest BCUT2D eigenvalue weighted by Crippen LogP contribution is 2.68. The summed E-state index contributed by atoms with van der Waals surface area (Å²) in [6, 6.07) is 34.4. The molecule has 1 heterocycles. The summed E-state index contributed by atoms with van der Waals surface area (Å²) in [6.07, 6.45) is 0.519. The Morgan fingerprint density at radius 3 is 1.51 bits per heavy atom. The van der Waals surface area contributed by atoms with Crippen LogP contribution in [0.1, 0.15) is 101 Å². The fourth-order valence-electron chi connectivity index (χ4n) is 6.17. The van der Waals surface area contributed by atoms with Crippen molar-refractivity contribution in [1.82, 2.24) is 0 Å². The Morgan fingerprint density at radius 1 is 0.561 bits per heavy atom. The number of fused-ring (bicyclic) bond motifs is 1. The third-order valence-corrected chi connectivity index (χ3v) is 11.5. The molecule has 1 aliphatic heterocycles. The predicted molar refractivity (Wildman–Crippen MR) is 179 cm³/mol. The predicted octanol–water partition coefficient (Wildman–Crippen LogP) is 10.7. The number of benzene rings is 4. The number of hydrogen-bond donors (Lipinski definition) is 0. The molecule has 4 aromatic carbocycles. The second-order valence-corrected chi connectivity index (χ2v) is 17.4. The van der Waals surface area contributed by atoms with E-state index >= 15 is 4.57 Å². The SMILES string of the molecule is CC(C)(C)c1cc(C(C)(C)C)c(P2(=O)Cc3ccccc3C(c3ccccc3)=C2c2ccccc2)c(C(C)(C)C)c1. The maximum absolute atomic E-state index is 16.6. The van der Waals surface area contributed by atoms with Crippen LogP contribution in [0.2, 0.25) is 0 Å². The van der Waals surface area contributed by atoms with Crippen molar-refractivity contribution in [3.8, 4) is 0 Å². The molecule has 0 spiro atoms. The highest BCUT2D eigenvalue weighted by molar-refractivity contribution is 7.81. The lowest BCUT2D eigenvalue weighted by Gasteiger charge is -2.40. The van der Waals surface area contributed by atoms with Gasteiger partial charge in [0.1, 0.15) is 7.14 Å². The van der Waals surface area contributed by atoms with E-state index in [0.717, 1.165) is 32.9 Å². The maximum atomic E-state index is 16.6. The maximum Gasteiger partial charge on any atom is 0.149 e. The monoisotopic (exact) mass is 560 g/mol. The zero-order valence-corrected chi connectivity index (χ0v) is 27.2. The second-order valence-electron chi connectivity index (χ2n) is 14.7. The van der Waals surface area contributed by atoms with Crippen LogP contribution in [0.4, 0.5) is 0 Å². The molecule has 0 aromatic heterocycles. The van der Waals surface area contributed by atoms with Crippen LogP contribution in [0.15, 0.2) is 97.1 Å². The van der Waals surface area contributed by atoms with Crippen LogP contribution < -0.4 is 5.30 Å². The summed E-state index contributed by atoms with van der Waals surface area (Å²) in [5.41, 5.74) is 8.90. The Hall–Kier alpha value is -3.15. The van der Waals surface area contributed by atoms with Crippen LogP contribution in [0.5, 0.6) is 0 Å². The Balaban J connectivity index is 2.03. The van der Waals surface area contributed by atoms with E-state index in [1.807, 2.05) is 6.07 Å². The first-order valence-electron chi connectivity index (χ1n) is 14.9. The van der Waals surface area contributed by atoms with Crippen LogP contribution in [0.25, 0.3) is 10.9 Å². The van der Waals surface area contributed by atoms with Gasteiger partial charge in [-0.15, -0.1) is 0 Å². The van der Waals surface area contributed by atoms with Crippen molar-refractivity contribution in [2.75, 3.05) is 0 Å². The van der Waals surface area contributed by atoms with E-state index in [-0.39, 0.29) is 16.2 Å². The van der Waals surface area contributed by atoms with Crippen LogP contribution in [0, 0.1) is 0 Å². The van der Waals surface area contributed by atoms with Gasteiger partial charge in [0, 0.05) is 22.4 Å². The molecular formula is C39H45OP. The molecular weight excluding hydrogens is 515 g/mol. The van der Waals surface area contributed by atoms with Crippen molar-refractivity contribution in [1.29, 1.82) is 0 Å². The summed E-state index contributed by atoms with van der Waals surface area (Å²) in [6.45, 7) is 20.5. The molecule has 0 fully saturated rings. The molecule has 0 N–H and O–H groups in total. The number of hydrogen-bond acceptors (Lipinski definition) is 1. The molecule has 0 radical (unpaired) electrons. The van der Waals surface area contributed by atoms with Gasteiger partial charge in [-0.3, -0.25) is 0 Å². The van der Waals surface area contributed by atoms with Crippen LogP contribution >= 0.6 is 7.14 Å². The van der Waals surface area contributed by atoms with Gasteiger partial charge in [-0.05, 0) is 55.2 Å². The highest BCUT2D eigenvalue weighted by atomic mass is 31.2. The Bertz CT molecular complexity index is 1620. The van der Waals surface area contributed by atoms with Crippen molar-refractivity contribution in [3.05, 3.63) is 136 Å². The van der Waals surface area contributed by atoms with E-state index in [1.165, 1.54) is 22.3 Å². The van der Waals surface area contributed by atoms with Crippen molar-refractivity contribution in [3.63, 3.8) is 0 Å². The molecule has 41 heavy (non-hydrogen) atoms. The molecule has 0 saturated carbocycles. The van der Waals surface area contributed by atoms with Gasteiger partial charge in [0.2, 0.25) is 0 Å². The van der Waals surface area contributed by atoms with Gasteiger partial charge in [-0.25, -0.2) is 0 Å². The Labute approximate surface area is 248 Å². The standard InChI is InChI=1S/C39H45OP/c1-37(2,3)30-24-32(38(4,5)6)36(33(25-30)39(7,8)9)41(40)26-29-22-16-17-23-31(29)34(27-18-12-10-13-19-27)35(41)28-20-14-11-15-21-28/h10-25H,26H2,1-9H3. The van der Waals surface area contributed by atoms with Gasteiger partial charge in [0.15, 0.2) is 0 Å². The topological polar surface area (TPSA) is 17.1 Å². The lowest BCUT2D eigenvalue weighted by atomic mass is 9.75. The fourth-order valence-corrected chi connectivity index (χ4v) is 10.2. The lowest BCUT2D eigenvalue weighted by Crippen LogP contribution is -2.34. The zero-order chi connectivity index (χ0) is 29.8. The Morgan fingerprint density at radius 2 is 1.02 bits per heavy atom. The van der Waals surface area contributed by atoms with Crippen molar-refractivity contribution < 1.29 is 4.57 Å². The van der Waals surface area contributed by atoms with E-state index in [4.69, 9.17) is 0 Å². The van der Waals surface area contributed by atoms with Gasteiger partial charge in [0.25, 0.3) is 0 Å². The van der Waals surface area contributed by atoms with Crippen LogP contribution in [0.3, 0.4) is 0 Å². The zero-order valence-electron chi connectivity index (χ0n) is 26.3. The smallest absolute Gasteiger partial charge is 0.149 e. The quantitative estimate of drug-likeness (QED) is 0.228. The molecule has 1 nitrogen and oxygen atoms in total. The summed E-state index contributed by atoms with van der Waals surface area (Å²) in [4.78, 5) is 0. The molecule has 5 rings (SSSR count). The Kier molecular flexibility index (Phi) is 7.36. The summed E-state index contributed by atoms with van der Waals surface area (Å²) in [5, 5.41) is 2.05. The molecule has 0 bridgehead atoms. The van der Waals surface area contributed by atoms with Gasteiger partial charge >= 0.3 is 0 Å². The molecule has 0 aliphatic carbocycles. The number of rotatable bonds is 3. The average molecular weight is 561 g/mol. The molecule has 2 heteroatoms. The van der Waals surface area contributed by atoms with E-state index in [9.17, 15) is 0 Å². The van der Waals surface area contributed by atoms with Crippen molar-refractivity contribution >= 4 is 23.3 Å². The van der Waals surface area contributed by atoms with Gasteiger partial charge in [0.05, 0.1) is 0 Å². The molecule has 1 aliphatic rings. The second kappa shape index (κ2) is 10.3. The fraction of sp³-hybridized carbons (Fsp3) is 0.333. The average Bonchev–Trinajstić information content (AvgIpc) is 2.91. The lowest BCUT2D eigenvalue weighted by molar-refractivity contribution is 0.549. The first-order valence-corrected chi connectivity index (χ1v) is 16.7. The molecule has 0 saturated heterocycles. The van der Waals surface area contributed by atoms with Crippen molar-refractivity contribution in [2.45, 2.75) is 84.7 Å². The van der Waals surface area contributed by atoms with E-state index in [2.05, 4.69) is 153 Å². The largest absolute Gasteiger partial charge is 0.313 e. The van der Waals surface area contributed by atoms with Gasteiger partial charge < -0.3 is 4.57 Å².